The smallest absolute Gasteiger partial charge is 0.242 e. The van der Waals surface area contributed by atoms with E-state index in [1.54, 1.807) is 6.07 Å². The van der Waals surface area contributed by atoms with Crippen LogP contribution in [0.25, 0.3) is 0 Å². The molecule has 6 heteroatoms. The summed E-state index contributed by atoms with van der Waals surface area (Å²) in [7, 11) is 0. The molecule has 0 unspecified atom stereocenters. The standard InChI is InChI=1S/C18H25FN4O/c1-2-20-17(21-11-16(24)23-13-7-8-13)22-12-18(9-10-18)14-5-3-4-6-15(14)19/h3-6,13H,2,7-12H2,1H3,(H,23,24)(H2,20,21,22). The summed E-state index contributed by atoms with van der Waals surface area (Å²) in [5, 5.41) is 9.32. The van der Waals surface area contributed by atoms with Crippen molar-refractivity contribution in [1.82, 2.24) is 16.0 Å². The Balaban J connectivity index is 1.57. The summed E-state index contributed by atoms with van der Waals surface area (Å²) in [5.41, 5.74) is 0.609. The van der Waals surface area contributed by atoms with Crippen LogP contribution in [0.15, 0.2) is 29.3 Å². The average Bonchev–Trinajstić information content (AvgIpc) is 3.47. The number of aliphatic imine (C=N–C) groups is 1. The van der Waals surface area contributed by atoms with Crippen molar-refractivity contribution < 1.29 is 9.18 Å². The van der Waals surface area contributed by atoms with E-state index in [4.69, 9.17) is 0 Å². The van der Waals surface area contributed by atoms with Crippen LogP contribution in [0.3, 0.4) is 0 Å². The van der Waals surface area contributed by atoms with E-state index in [9.17, 15) is 9.18 Å². The van der Waals surface area contributed by atoms with Crippen LogP contribution in [0.4, 0.5) is 4.39 Å². The lowest BCUT2D eigenvalue weighted by Gasteiger charge is -2.19. The SMILES string of the molecule is CCNC(=NCC(=O)NC1CC1)NCC1(c2ccccc2F)CC1. The van der Waals surface area contributed by atoms with Gasteiger partial charge in [-0.25, -0.2) is 9.38 Å². The van der Waals surface area contributed by atoms with E-state index in [1.165, 1.54) is 6.07 Å². The number of halogens is 1. The molecule has 0 aliphatic heterocycles. The first kappa shape index (κ1) is 16.7. The molecule has 1 aromatic carbocycles. The highest BCUT2D eigenvalue weighted by Gasteiger charge is 2.45. The Bertz CT molecular complexity index is 623. The lowest BCUT2D eigenvalue weighted by atomic mass is 9.95. The number of guanidine groups is 1. The quantitative estimate of drug-likeness (QED) is 0.526. The highest BCUT2D eigenvalue weighted by atomic mass is 19.1. The summed E-state index contributed by atoms with van der Waals surface area (Å²) in [6.45, 7) is 3.41. The molecule has 1 aromatic rings. The first-order valence-electron chi connectivity index (χ1n) is 8.69. The molecular formula is C18H25FN4O. The first-order valence-corrected chi connectivity index (χ1v) is 8.69. The van der Waals surface area contributed by atoms with Crippen molar-refractivity contribution in [1.29, 1.82) is 0 Å². The number of carbonyl (C=O) groups excluding carboxylic acids is 1. The fourth-order valence-corrected chi connectivity index (χ4v) is 2.83. The van der Waals surface area contributed by atoms with Gasteiger partial charge in [0, 0.05) is 24.5 Å². The van der Waals surface area contributed by atoms with Gasteiger partial charge in [-0.15, -0.1) is 0 Å². The van der Waals surface area contributed by atoms with E-state index in [-0.39, 0.29) is 23.7 Å². The fourth-order valence-electron chi connectivity index (χ4n) is 2.83. The second-order valence-electron chi connectivity index (χ2n) is 6.65. The molecule has 1 amide bonds. The van der Waals surface area contributed by atoms with Crippen molar-refractivity contribution in [2.24, 2.45) is 4.99 Å². The fraction of sp³-hybridized carbons (Fsp3) is 0.556. The maximum absolute atomic E-state index is 14.1. The summed E-state index contributed by atoms with van der Waals surface area (Å²) >= 11 is 0. The second kappa shape index (κ2) is 7.20. The minimum Gasteiger partial charge on any atom is -0.357 e. The molecule has 0 radical (unpaired) electrons. The molecule has 0 bridgehead atoms. The summed E-state index contributed by atoms with van der Waals surface area (Å²) in [4.78, 5) is 16.1. The highest BCUT2D eigenvalue weighted by molar-refractivity contribution is 5.85. The topological polar surface area (TPSA) is 65.5 Å². The molecule has 0 heterocycles. The van der Waals surface area contributed by atoms with Gasteiger partial charge >= 0.3 is 0 Å². The highest BCUT2D eigenvalue weighted by Crippen LogP contribution is 2.48. The Hall–Kier alpha value is -2.11. The van der Waals surface area contributed by atoms with Crippen LogP contribution in [0.2, 0.25) is 0 Å². The van der Waals surface area contributed by atoms with Crippen molar-refractivity contribution in [3.05, 3.63) is 35.6 Å². The number of hydrogen-bond donors (Lipinski definition) is 3. The minimum absolute atomic E-state index is 0.0510. The Morgan fingerprint density at radius 2 is 2.04 bits per heavy atom. The number of rotatable bonds is 7. The summed E-state index contributed by atoms with van der Waals surface area (Å²) in [6, 6.07) is 7.31. The van der Waals surface area contributed by atoms with Gasteiger partial charge in [0.1, 0.15) is 12.4 Å². The molecule has 2 saturated carbocycles. The zero-order valence-corrected chi connectivity index (χ0v) is 14.1. The predicted molar refractivity (Wildman–Crippen MR) is 92.5 cm³/mol. The van der Waals surface area contributed by atoms with E-state index in [1.807, 2.05) is 19.1 Å². The second-order valence-corrected chi connectivity index (χ2v) is 6.65. The van der Waals surface area contributed by atoms with Gasteiger partial charge in [-0.1, -0.05) is 18.2 Å². The van der Waals surface area contributed by atoms with Gasteiger partial charge in [0.2, 0.25) is 5.91 Å². The van der Waals surface area contributed by atoms with Gasteiger partial charge in [0.05, 0.1) is 0 Å². The van der Waals surface area contributed by atoms with Crippen molar-refractivity contribution in [3.63, 3.8) is 0 Å². The maximum Gasteiger partial charge on any atom is 0.242 e. The van der Waals surface area contributed by atoms with Crippen LogP contribution < -0.4 is 16.0 Å². The Labute approximate surface area is 142 Å². The lowest BCUT2D eigenvalue weighted by Crippen LogP contribution is -2.42. The summed E-state index contributed by atoms with van der Waals surface area (Å²) < 4.78 is 14.1. The number of hydrogen-bond acceptors (Lipinski definition) is 2. The van der Waals surface area contributed by atoms with E-state index in [0.29, 0.717) is 25.1 Å². The van der Waals surface area contributed by atoms with Gasteiger partial charge in [-0.2, -0.15) is 0 Å². The number of nitrogens with one attached hydrogen (secondary N) is 3. The van der Waals surface area contributed by atoms with Gasteiger partial charge in [0.25, 0.3) is 0 Å². The van der Waals surface area contributed by atoms with Crippen LogP contribution in [-0.2, 0) is 10.2 Å². The molecule has 3 rings (SSSR count). The Morgan fingerprint density at radius 3 is 2.67 bits per heavy atom. The van der Waals surface area contributed by atoms with Crippen LogP contribution in [-0.4, -0.2) is 37.5 Å². The van der Waals surface area contributed by atoms with Gasteiger partial charge in [-0.3, -0.25) is 4.79 Å². The van der Waals surface area contributed by atoms with Crippen LogP contribution in [0.5, 0.6) is 0 Å². The van der Waals surface area contributed by atoms with Crippen molar-refractivity contribution in [3.8, 4) is 0 Å². The van der Waals surface area contributed by atoms with E-state index in [2.05, 4.69) is 20.9 Å². The molecule has 0 aromatic heterocycles. The summed E-state index contributed by atoms with van der Waals surface area (Å²) in [6.07, 6.45) is 4.06. The molecule has 24 heavy (non-hydrogen) atoms. The number of carbonyl (C=O) groups is 1. The average molecular weight is 332 g/mol. The van der Waals surface area contributed by atoms with Crippen LogP contribution >= 0.6 is 0 Å². The maximum atomic E-state index is 14.1. The zero-order chi connectivity index (χ0) is 17.0. The Kier molecular flexibility index (Phi) is 5.02. The third-order valence-corrected chi connectivity index (χ3v) is 4.56. The van der Waals surface area contributed by atoms with E-state index in [0.717, 1.165) is 31.2 Å². The molecule has 3 N–H and O–H groups in total. The number of amides is 1. The van der Waals surface area contributed by atoms with E-state index < -0.39 is 0 Å². The van der Waals surface area contributed by atoms with Crippen molar-refractivity contribution >= 4 is 11.9 Å². The molecule has 130 valence electrons. The third kappa shape index (κ3) is 4.24. The molecule has 2 aliphatic carbocycles. The molecular weight excluding hydrogens is 307 g/mol. The number of benzene rings is 1. The van der Waals surface area contributed by atoms with Gasteiger partial charge < -0.3 is 16.0 Å². The van der Waals surface area contributed by atoms with Crippen LogP contribution in [0, 0.1) is 5.82 Å². The normalized spacial score (nSPS) is 18.8. The third-order valence-electron chi connectivity index (χ3n) is 4.56. The molecule has 0 saturated heterocycles. The number of nitrogens with zero attached hydrogens (tertiary/aromatic N) is 1. The summed E-state index contributed by atoms with van der Waals surface area (Å²) in [5.74, 6) is 0.401. The monoisotopic (exact) mass is 332 g/mol. The van der Waals surface area contributed by atoms with Gasteiger partial charge in [0.15, 0.2) is 5.96 Å². The molecule has 2 fully saturated rings. The van der Waals surface area contributed by atoms with Crippen LogP contribution in [0.1, 0.15) is 38.2 Å². The minimum atomic E-state index is -0.155. The molecule has 0 spiro atoms. The lowest BCUT2D eigenvalue weighted by molar-refractivity contribution is -0.119. The first-order chi connectivity index (χ1) is 11.6. The van der Waals surface area contributed by atoms with E-state index >= 15 is 0 Å². The largest absolute Gasteiger partial charge is 0.357 e. The zero-order valence-electron chi connectivity index (χ0n) is 14.1. The predicted octanol–water partition coefficient (Wildman–Crippen LogP) is 1.69. The molecule has 0 atom stereocenters. The Morgan fingerprint density at radius 1 is 1.29 bits per heavy atom. The van der Waals surface area contributed by atoms with Crippen molar-refractivity contribution in [2.45, 2.75) is 44.1 Å². The van der Waals surface area contributed by atoms with Crippen molar-refractivity contribution in [2.75, 3.05) is 19.6 Å². The molecule has 2 aliphatic rings. The molecule has 5 nitrogen and oxygen atoms in total. The van der Waals surface area contributed by atoms with Gasteiger partial charge in [-0.05, 0) is 44.2 Å².